The molecule has 0 saturated carbocycles. The predicted octanol–water partition coefficient (Wildman–Crippen LogP) is 3.90. The van der Waals surface area contributed by atoms with Gasteiger partial charge in [0.2, 0.25) is 0 Å². The highest BCUT2D eigenvalue weighted by molar-refractivity contribution is 14.0. The molecule has 1 aromatic heterocycles. The number of aliphatic imine (C=N–C) groups is 1. The zero-order chi connectivity index (χ0) is 18.9. The molecule has 1 saturated heterocycles. The molecule has 0 bridgehead atoms. The minimum absolute atomic E-state index is 0. The number of likely N-dealkylation sites (tertiary alicyclic amines) is 1. The highest BCUT2D eigenvalue weighted by Crippen LogP contribution is 2.24. The molecule has 5 nitrogen and oxygen atoms in total. The summed E-state index contributed by atoms with van der Waals surface area (Å²) in [5.74, 6) is 0.831. The van der Waals surface area contributed by atoms with Gasteiger partial charge in [-0.25, -0.2) is 4.98 Å². The van der Waals surface area contributed by atoms with E-state index in [0.29, 0.717) is 11.2 Å². The van der Waals surface area contributed by atoms with E-state index >= 15 is 0 Å². The fourth-order valence-electron chi connectivity index (χ4n) is 3.48. The molecule has 1 aliphatic heterocycles. The number of hydrogen-bond acceptors (Lipinski definition) is 3. The molecule has 0 spiro atoms. The van der Waals surface area contributed by atoms with E-state index in [4.69, 9.17) is 11.6 Å². The summed E-state index contributed by atoms with van der Waals surface area (Å²) in [7, 11) is 1.81. The van der Waals surface area contributed by atoms with Crippen LogP contribution in [0, 0.1) is 0 Å². The quantitative estimate of drug-likeness (QED) is 0.255. The largest absolute Gasteiger partial charge is 0.356 e. The summed E-state index contributed by atoms with van der Waals surface area (Å²) in [5.41, 5.74) is 2.51. The monoisotopic (exact) mass is 513 g/mol. The highest BCUT2D eigenvalue weighted by Gasteiger charge is 2.23. The van der Waals surface area contributed by atoms with E-state index in [0.717, 1.165) is 44.1 Å². The van der Waals surface area contributed by atoms with Gasteiger partial charge in [-0.05, 0) is 49.5 Å². The second-order valence-electron chi connectivity index (χ2n) is 6.79. The first-order valence-corrected chi connectivity index (χ1v) is 9.98. The average Bonchev–Trinajstić information content (AvgIpc) is 3.23. The first-order valence-electron chi connectivity index (χ1n) is 9.60. The van der Waals surface area contributed by atoms with Crippen molar-refractivity contribution in [2.75, 3.05) is 33.2 Å². The minimum Gasteiger partial charge on any atom is -0.356 e. The van der Waals surface area contributed by atoms with Gasteiger partial charge < -0.3 is 10.6 Å². The normalized spacial score (nSPS) is 15.7. The van der Waals surface area contributed by atoms with Gasteiger partial charge in [-0.2, -0.15) is 0 Å². The van der Waals surface area contributed by atoms with Gasteiger partial charge >= 0.3 is 0 Å². The van der Waals surface area contributed by atoms with Gasteiger partial charge in [0, 0.05) is 26.3 Å². The Morgan fingerprint density at radius 1 is 1.14 bits per heavy atom. The van der Waals surface area contributed by atoms with Crippen molar-refractivity contribution in [1.29, 1.82) is 0 Å². The third kappa shape index (κ3) is 6.90. The maximum Gasteiger partial charge on any atom is 0.191 e. The van der Waals surface area contributed by atoms with Gasteiger partial charge in [0.05, 0.1) is 6.04 Å². The summed E-state index contributed by atoms with van der Waals surface area (Å²) in [4.78, 5) is 11.0. The first kappa shape index (κ1) is 22.9. The number of aromatic nitrogens is 1. The molecule has 28 heavy (non-hydrogen) atoms. The third-order valence-corrected chi connectivity index (χ3v) is 5.17. The molecule has 2 N–H and O–H groups in total. The van der Waals surface area contributed by atoms with Gasteiger partial charge in [0.25, 0.3) is 0 Å². The number of nitrogens with zero attached hydrogens (tertiary/aromatic N) is 3. The van der Waals surface area contributed by atoms with Crippen LogP contribution in [-0.2, 0) is 6.42 Å². The molecule has 0 aliphatic carbocycles. The molecule has 3 rings (SSSR count). The van der Waals surface area contributed by atoms with Crippen LogP contribution in [-0.4, -0.2) is 49.1 Å². The molecule has 1 aromatic carbocycles. The van der Waals surface area contributed by atoms with Crippen molar-refractivity contribution in [2.24, 2.45) is 4.99 Å². The number of guanidine groups is 1. The maximum atomic E-state index is 5.83. The Bertz CT molecular complexity index is 717. The van der Waals surface area contributed by atoms with Crippen LogP contribution in [0.1, 0.15) is 30.0 Å². The molecule has 2 heterocycles. The first-order chi connectivity index (χ1) is 13.3. The molecular weight excluding hydrogens is 485 g/mol. The second kappa shape index (κ2) is 12.2. The molecular formula is C21H29ClIN5. The van der Waals surface area contributed by atoms with E-state index in [1.807, 2.05) is 25.4 Å². The smallest absolute Gasteiger partial charge is 0.191 e. The lowest BCUT2D eigenvalue weighted by Gasteiger charge is -2.29. The van der Waals surface area contributed by atoms with Crippen molar-refractivity contribution in [2.45, 2.75) is 25.3 Å². The lowest BCUT2D eigenvalue weighted by molar-refractivity contribution is 0.245. The Morgan fingerprint density at radius 3 is 2.54 bits per heavy atom. The zero-order valence-electron chi connectivity index (χ0n) is 16.3. The molecule has 1 unspecified atom stereocenters. The molecule has 0 radical (unpaired) electrons. The van der Waals surface area contributed by atoms with Crippen molar-refractivity contribution >= 4 is 41.5 Å². The number of pyridine rings is 1. The SMILES string of the molecule is CN=C(NCCc1ccc(Cl)nc1)NCC(c1ccccc1)N1CCCC1.I. The lowest BCUT2D eigenvalue weighted by atomic mass is 10.1. The van der Waals surface area contributed by atoms with Gasteiger partial charge in [-0.3, -0.25) is 9.89 Å². The summed E-state index contributed by atoms with van der Waals surface area (Å²) in [6.45, 7) is 3.96. The third-order valence-electron chi connectivity index (χ3n) is 4.95. The van der Waals surface area contributed by atoms with E-state index in [9.17, 15) is 0 Å². The van der Waals surface area contributed by atoms with Crippen molar-refractivity contribution in [3.63, 3.8) is 0 Å². The standard InChI is InChI=1S/C21H28ClN5.HI/c1-23-21(24-12-11-17-9-10-20(22)25-15-17)26-16-19(27-13-5-6-14-27)18-7-3-2-4-8-18;/h2-4,7-10,15,19H,5-6,11-14,16H2,1H3,(H2,23,24,26);1H. The van der Waals surface area contributed by atoms with Crippen LogP contribution in [0.5, 0.6) is 0 Å². The second-order valence-corrected chi connectivity index (χ2v) is 7.18. The van der Waals surface area contributed by atoms with Gasteiger partial charge in [-0.1, -0.05) is 48.0 Å². The van der Waals surface area contributed by atoms with Gasteiger partial charge in [0.1, 0.15) is 5.15 Å². The summed E-state index contributed by atoms with van der Waals surface area (Å²) in [6, 6.07) is 14.9. The number of halogens is 2. The molecule has 7 heteroatoms. The van der Waals surface area contributed by atoms with Crippen LogP contribution >= 0.6 is 35.6 Å². The van der Waals surface area contributed by atoms with Crippen LogP contribution in [0.25, 0.3) is 0 Å². The number of benzene rings is 1. The summed E-state index contributed by atoms with van der Waals surface area (Å²) in [5, 5.41) is 7.42. The van der Waals surface area contributed by atoms with Crippen LogP contribution in [0.3, 0.4) is 0 Å². The van der Waals surface area contributed by atoms with Crippen molar-refractivity contribution < 1.29 is 0 Å². The number of nitrogens with one attached hydrogen (secondary N) is 2. The van der Waals surface area contributed by atoms with Crippen LogP contribution in [0.2, 0.25) is 5.15 Å². The van der Waals surface area contributed by atoms with Crippen LogP contribution < -0.4 is 10.6 Å². The molecule has 1 aliphatic rings. The van der Waals surface area contributed by atoms with E-state index in [1.165, 1.54) is 18.4 Å². The summed E-state index contributed by atoms with van der Waals surface area (Å²) in [6.07, 6.45) is 5.26. The van der Waals surface area contributed by atoms with Gasteiger partial charge in [-0.15, -0.1) is 24.0 Å². The number of hydrogen-bond donors (Lipinski definition) is 2. The van der Waals surface area contributed by atoms with Crippen LogP contribution in [0.15, 0.2) is 53.7 Å². The Labute approximate surface area is 190 Å². The fraction of sp³-hybridized carbons (Fsp3) is 0.429. The van der Waals surface area contributed by atoms with E-state index in [2.05, 4.69) is 55.8 Å². The van der Waals surface area contributed by atoms with E-state index in [-0.39, 0.29) is 24.0 Å². The molecule has 1 fully saturated rings. The van der Waals surface area contributed by atoms with Crippen molar-refractivity contribution in [3.05, 3.63) is 64.9 Å². The lowest BCUT2D eigenvalue weighted by Crippen LogP contribution is -2.43. The zero-order valence-corrected chi connectivity index (χ0v) is 19.4. The predicted molar refractivity (Wildman–Crippen MR) is 128 cm³/mol. The topological polar surface area (TPSA) is 52.6 Å². The Kier molecular flexibility index (Phi) is 10.0. The molecule has 152 valence electrons. The van der Waals surface area contributed by atoms with Gasteiger partial charge in [0.15, 0.2) is 5.96 Å². The molecule has 0 amide bonds. The van der Waals surface area contributed by atoms with E-state index < -0.39 is 0 Å². The van der Waals surface area contributed by atoms with E-state index in [1.54, 1.807) is 0 Å². The molecule has 2 aromatic rings. The van der Waals surface area contributed by atoms with Crippen molar-refractivity contribution in [1.82, 2.24) is 20.5 Å². The summed E-state index contributed by atoms with van der Waals surface area (Å²) >= 11 is 5.83. The Morgan fingerprint density at radius 2 is 1.89 bits per heavy atom. The fourth-order valence-corrected chi connectivity index (χ4v) is 3.59. The average molecular weight is 514 g/mol. The molecule has 1 atom stereocenters. The minimum atomic E-state index is 0. The number of rotatable bonds is 7. The van der Waals surface area contributed by atoms with Crippen molar-refractivity contribution in [3.8, 4) is 0 Å². The summed E-state index contributed by atoms with van der Waals surface area (Å²) < 4.78 is 0. The van der Waals surface area contributed by atoms with Crippen LogP contribution in [0.4, 0.5) is 0 Å². The Balaban J connectivity index is 0.00000280. The Hall–Kier alpha value is -1.38. The maximum absolute atomic E-state index is 5.83. The highest BCUT2D eigenvalue weighted by atomic mass is 127.